The van der Waals surface area contributed by atoms with E-state index in [4.69, 9.17) is 9.84 Å². The van der Waals surface area contributed by atoms with Crippen molar-refractivity contribution in [3.8, 4) is 11.1 Å². The van der Waals surface area contributed by atoms with Crippen LogP contribution in [-0.4, -0.2) is 46.0 Å². The summed E-state index contributed by atoms with van der Waals surface area (Å²) in [6.07, 6.45) is -0.160. The number of benzene rings is 2. The summed E-state index contributed by atoms with van der Waals surface area (Å²) in [7, 11) is 1.61. The SMILES string of the molecule is CCC(CNC(=O)c1cc(CNC(=O)OCC2c3ccccc3-c3ccccc32)nn1C)C(=O)O. The summed E-state index contributed by atoms with van der Waals surface area (Å²) < 4.78 is 6.92. The topological polar surface area (TPSA) is 123 Å². The van der Waals surface area contributed by atoms with Gasteiger partial charge in [-0.25, -0.2) is 4.79 Å². The van der Waals surface area contributed by atoms with Gasteiger partial charge in [0.25, 0.3) is 5.91 Å². The van der Waals surface area contributed by atoms with Crippen molar-refractivity contribution in [3.63, 3.8) is 0 Å². The molecule has 0 radical (unpaired) electrons. The monoisotopic (exact) mass is 476 g/mol. The van der Waals surface area contributed by atoms with Crippen LogP contribution in [0.2, 0.25) is 0 Å². The largest absolute Gasteiger partial charge is 0.481 e. The Morgan fingerprint density at radius 3 is 2.29 bits per heavy atom. The maximum absolute atomic E-state index is 12.4. The van der Waals surface area contributed by atoms with Crippen LogP contribution in [0.5, 0.6) is 0 Å². The highest BCUT2D eigenvalue weighted by atomic mass is 16.5. The molecular formula is C26H28N4O5. The molecule has 2 amide bonds. The van der Waals surface area contributed by atoms with Crippen LogP contribution in [0, 0.1) is 5.92 Å². The van der Waals surface area contributed by atoms with Crippen LogP contribution in [0.4, 0.5) is 4.79 Å². The zero-order chi connectivity index (χ0) is 24.9. The van der Waals surface area contributed by atoms with Gasteiger partial charge in [0.15, 0.2) is 0 Å². The maximum Gasteiger partial charge on any atom is 0.407 e. The van der Waals surface area contributed by atoms with Gasteiger partial charge in [-0.2, -0.15) is 5.10 Å². The van der Waals surface area contributed by atoms with E-state index in [9.17, 15) is 14.4 Å². The van der Waals surface area contributed by atoms with Gasteiger partial charge >= 0.3 is 12.1 Å². The van der Waals surface area contributed by atoms with Crippen molar-refractivity contribution in [3.05, 3.63) is 77.1 Å². The van der Waals surface area contributed by atoms with E-state index in [0.29, 0.717) is 12.1 Å². The molecule has 1 unspecified atom stereocenters. The molecule has 1 atom stereocenters. The number of fused-ring (bicyclic) bond motifs is 3. The first-order valence-electron chi connectivity index (χ1n) is 11.5. The summed E-state index contributed by atoms with van der Waals surface area (Å²) in [5.41, 5.74) is 5.34. The number of carbonyl (C=O) groups excluding carboxylic acids is 2. The molecule has 0 saturated carbocycles. The fourth-order valence-corrected chi connectivity index (χ4v) is 4.35. The summed E-state index contributed by atoms with van der Waals surface area (Å²) >= 11 is 0. The van der Waals surface area contributed by atoms with Crippen LogP contribution in [0.15, 0.2) is 54.6 Å². The van der Waals surface area contributed by atoms with Gasteiger partial charge in [0, 0.05) is 19.5 Å². The van der Waals surface area contributed by atoms with Crippen molar-refractivity contribution in [2.75, 3.05) is 13.2 Å². The molecule has 0 spiro atoms. The molecule has 4 rings (SSSR count). The number of rotatable bonds is 9. The molecular weight excluding hydrogens is 448 g/mol. The van der Waals surface area contributed by atoms with Crippen LogP contribution in [0.1, 0.15) is 46.6 Å². The van der Waals surface area contributed by atoms with Crippen molar-refractivity contribution in [2.24, 2.45) is 13.0 Å². The van der Waals surface area contributed by atoms with Crippen molar-refractivity contribution < 1.29 is 24.2 Å². The lowest BCUT2D eigenvalue weighted by molar-refractivity contribution is -0.141. The Kier molecular flexibility index (Phi) is 7.14. The fourth-order valence-electron chi connectivity index (χ4n) is 4.35. The number of aliphatic carboxylic acids is 1. The first kappa shape index (κ1) is 24.0. The zero-order valence-electron chi connectivity index (χ0n) is 19.7. The second kappa shape index (κ2) is 10.4. The van der Waals surface area contributed by atoms with Gasteiger partial charge < -0.3 is 20.5 Å². The van der Waals surface area contributed by atoms with E-state index in [-0.39, 0.29) is 31.3 Å². The lowest BCUT2D eigenvalue weighted by Crippen LogP contribution is -2.33. The van der Waals surface area contributed by atoms with E-state index >= 15 is 0 Å². The van der Waals surface area contributed by atoms with Crippen LogP contribution in [-0.2, 0) is 23.1 Å². The van der Waals surface area contributed by atoms with E-state index in [1.165, 1.54) is 4.68 Å². The molecule has 9 heteroatoms. The normalized spacial score (nSPS) is 13.0. The fraction of sp³-hybridized carbons (Fsp3) is 0.308. The Morgan fingerprint density at radius 1 is 1.06 bits per heavy atom. The van der Waals surface area contributed by atoms with Crippen molar-refractivity contribution in [2.45, 2.75) is 25.8 Å². The van der Waals surface area contributed by atoms with Crippen LogP contribution in [0.3, 0.4) is 0 Å². The van der Waals surface area contributed by atoms with Gasteiger partial charge in [-0.15, -0.1) is 0 Å². The molecule has 182 valence electrons. The summed E-state index contributed by atoms with van der Waals surface area (Å²) in [6, 6.07) is 17.8. The number of amides is 2. The van der Waals surface area contributed by atoms with Gasteiger partial charge in [0.2, 0.25) is 0 Å². The molecule has 0 aliphatic heterocycles. The summed E-state index contributed by atoms with van der Waals surface area (Å²) in [6.45, 7) is 2.08. The molecule has 1 heterocycles. The summed E-state index contributed by atoms with van der Waals surface area (Å²) in [4.78, 5) is 36.0. The van der Waals surface area contributed by atoms with Gasteiger partial charge in [-0.05, 0) is 34.7 Å². The highest BCUT2D eigenvalue weighted by Gasteiger charge is 2.29. The van der Waals surface area contributed by atoms with Crippen molar-refractivity contribution in [1.82, 2.24) is 20.4 Å². The zero-order valence-corrected chi connectivity index (χ0v) is 19.7. The van der Waals surface area contributed by atoms with Gasteiger partial charge in [0.1, 0.15) is 12.3 Å². The first-order valence-corrected chi connectivity index (χ1v) is 11.5. The number of hydrogen-bond donors (Lipinski definition) is 3. The molecule has 35 heavy (non-hydrogen) atoms. The summed E-state index contributed by atoms with van der Waals surface area (Å²) in [5.74, 6) is -2.06. The average molecular weight is 477 g/mol. The molecule has 0 saturated heterocycles. The first-order chi connectivity index (χ1) is 16.9. The molecule has 1 aliphatic rings. The molecule has 2 aromatic carbocycles. The molecule has 0 bridgehead atoms. The second-order valence-electron chi connectivity index (χ2n) is 8.48. The quantitative estimate of drug-likeness (QED) is 0.436. The predicted molar refractivity (Wildman–Crippen MR) is 129 cm³/mol. The van der Waals surface area contributed by atoms with Crippen LogP contribution in [0.25, 0.3) is 11.1 Å². The van der Waals surface area contributed by atoms with Crippen LogP contribution >= 0.6 is 0 Å². The number of hydrogen-bond acceptors (Lipinski definition) is 5. The molecule has 1 aromatic heterocycles. The Labute approximate surface area is 203 Å². The lowest BCUT2D eigenvalue weighted by atomic mass is 9.98. The third-order valence-electron chi connectivity index (χ3n) is 6.27. The maximum atomic E-state index is 12.4. The number of carbonyl (C=O) groups is 3. The third kappa shape index (κ3) is 5.18. The lowest BCUT2D eigenvalue weighted by Gasteiger charge is -2.14. The number of alkyl carbamates (subject to hydrolysis) is 1. The van der Waals surface area contributed by atoms with E-state index in [1.807, 2.05) is 24.3 Å². The second-order valence-corrected chi connectivity index (χ2v) is 8.48. The molecule has 0 fully saturated rings. The van der Waals surface area contributed by atoms with Gasteiger partial charge in [0.05, 0.1) is 18.2 Å². The molecule has 1 aliphatic carbocycles. The van der Waals surface area contributed by atoms with Gasteiger partial charge in [-0.1, -0.05) is 55.5 Å². The number of nitrogens with zero attached hydrogens (tertiary/aromatic N) is 2. The Balaban J connectivity index is 1.31. The highest BCUT2D eigenvalue weighted by molar-refractivity contribution is 5.93. The number of ether oxygens (including phenoxy) is 1. The van der Waals surface area contributed by atoms with E-state index in [0.717, 1.165) is 22.3 Å². The third-order valence-corrected chi connectivity index (χ3v) is 6.27. The number of nitrogens with one attached hydrogen (secondary N) is 2. The van der Waals surface area contributed by atoms with E-state index in [1.54, 1.807) is 20.0 Å². The minimum atomic E-state index is -0.953. The van der Waals surface area contributed by atoms with Crippen molar-refractivity contribution in [1.29, 1.82) is 0 Å². The Hall–Kier alpha value is -4.14. The van der Waals surface area contributed by atoms with Crippen molar-refractivity contribution >= 4 is 18.0 Å². The highest BCUT2D eigenvalue weighted by Crippen LogP contribution is 2.44. The van der Waals surface area contributed by atoms with E-state index in [2.05, 4.69) is 40.0 Å². The minimum Gasteiger partial charge on any atom is -0.481 e. The smallest absolute Gasteiger partial charge is 0.407 e. The molecule has 3 aromatic rings. The number of carboxylic acid groups (broad SMARTS) is 1. The standard InChI is InChI=1S/C26H28N4O5/c1-3-16(25(32)33)13-27-24(31)23-12-17(29-30(23)2)14-28-26(34)35-15-22-20-10-6-4-8-18(20)19-9-5-7-11-21(19)22/h4-12,16,22H,3,13-15H2,1-2H3,(H,27,31)(H,28,34)(H,32,33). The number of aromatic nitrogens is 2. The van der Waals surface area contributed by atoms with Crippen LogP contribution < -0.4 is 10.6 Å². The predicted octanol–water partition coefficient (Wildman–Crippen LogP) is 3.30. The summed E-state index contributed by atoms with van der Waals surface area (Å²) in [5, 5.41) is 18.7. The molecule has 3 N–H and O–H groups in total. The molecule has 9 nitrogen and oxygen atoms in total. The Morgan fingerprint density at radius 2 is 1.69 bits per heavy atom. The number of carboxylic acids is 1. The minimum absolute atomic E-state index is 0.0309. The Bertz CT molecular complexity index is 1210. The average Bonchev–Trinajstić information content (AvgIpc) is 3.39. The van der Waals surface area contributed by atoms with Gasteiger partial charge in [-0.3, -0.25) is 14.3 Å². The number of aryl methyl sites for hydroxylation is 1. The van der Waals surface area contributed by atoms with E-state index < -0.39 is 23.9 Å².